The summed E-state index contributed by atoms with van der Waals surface area (Å²) in [5.74, 6) is 0. The largest absolute Gasteiger partial charge is 0.408 e. The van der Waals surface area contributed by atoms with Gasteiger partial charge in [0.15, 0.2) is 0 Å². The van der Waals surface area contributed by atoms with E-state index >= 15 is 0 Å². The molecule has 0 aliphatic heterocycles. The Balaban J connectivity index is 1.70. The van der Waals surface area contributed by atoms with Gasteiger partial charge in [0, 0.05) is 41.0 Å². The van der Waals surface area contributed by atoms with E-state index in [0.717, 1.165) is 22.6 Å². The molecule has 1 aromatic carbocycles. The number of alkyl halides is 3. The molecule has 0 bridgehead atoms. The van der Waals surface area contributed by atoms with Crippen LogP contribution in [0.15, 0.2) is 48.8 Å². The van der Waals surface area contributed by atoms with Gasteiger partial charge in [-0.25, -0.2) is 13.4 Å². The number of rotatable bonds is 6. The average Bonchev–Trinajstić information content (AvgIpc) is 3.50. The van der Waals surface area contributed by atoms with Crippen LogP contribution in [0.3, 0.4) is 0 Å². The second kappa shape index (κ2) is 8.34. The van der Waals surface area contributed by atoms with E-state index in [4.69, 9.17) is 0 Å². The number of aryl methyl sites for hydroxylation is 1. The van der Waals surface area contributed by atoms with Gasteiger partial charge in [-0.15, -0.1) is 0 Å². The van der Waals surface area contributed by atoms with E-state index < -0.39 is 27.5 Å². The first-order valence-electron chi connectivity index (χ1n) is 11.9. The van der Waals surface area contributed by atoms with Crippen LogP contribution in [0.1, 0.15) is 50.9 Å². The van der Waals surface area contributed by atoms with Crippen molar-refractivity contribution < 1.29 is 21.6 Å². The zero-order valence-corrected chi connectivity index (χ0v) is 21.4. The van der Waals surface area contributed by atoms with E-state index in [0.29, 0.717) is 30.3 Å². The standard InChI is InChI=1S/C26H29F3N4O2S/c1-16-23(33-12-6-5-7-22(33)30-16)17-8-11-19-20(14-32(21(19)13-17)15-25(2,3)4)24(26(27,28)29)31-36(34,35)18-9-10-18/h5-8,11-14,18,24,31H,9-10,15H2,1-4H3. The molecule has 10 heteroatoms. The third-order valence-electron chi connectivity index (χ3n) is 6.42. The van der Waals surface area contributed by atoms with Gasteiger partial charge in [0.05, 0.1) is 16.6 Å². The van der Waals surface area contributed by atoms with Gasteiger partial charge >= 0.3 is 6.18 Å². The van der Waals surface area contributed by atoms with Crippen LogP contribution in [0.4, 0.5) is 13.2 Å². The number of fused-ring (bicyclic) bond motifs is 2. The minimum atomic E-state index is -4.79. The summed E-state index contributed by atoms with van der Waals surface area (Å²) in [5, 5.41) is -0.384. The van der Waals surface area contributed by atoms with Gasteiger partial charge in [0.1, 0.15) is 11.7 Å². The quantitative estimate of drug-likeness (QED) is 0.341. The maximum atomic E-state index is 14.3. The highest BCUT2D eigenvalue weighted by Gasteiger charge is 2.47. The monoisotopic (exact) mass is 518 g/mol. The number of imidazole rings is 1. The lowest BCUT2D eigenvalue weighted by Crippen LogP contribution is -2.39. The van der Waals surface area contributed by atoms with Crippen molar-refractivity contribution >= 4 is 26.6 Å². The molecule has 5 rings (SSSR count). The van der Waals surface area contributed by atoms with E-state index in [2.05, 4.69) is 4.98 Å². The molecule has 3 aromatic heterocycles. The lowest BCUT2D eigenvalue weighted by atomic mass is 9.97. The highest BCUT2D eigenvalue weighted by atomic mass is 32.2. The summed E-state index contributed by atoms with van der Waals surface area (Å²) >= 11 is 0. The zero-order valence-electron chi connectivity index (χ0n) is 20.6. The lowest BCUT2D eigenvalue weighted by molar-refractivity contribution is -0.152. The van der Waals surface area contributed by atoms with E-state index in [1.807, 2.05) is 67.3 Å². The Hall–Kier alpha value is -2.85. The summed E-state index contributed by atoms with van der Waals surface area (Å²) in [7, 11) is -4.08. The van der Waals surface area contributed by atoms with E-state index in [1.165, 1.54) is 6.20 Å². The second-order valence-corrected chi connectivity index (χ2v) is 12.8. The summed E-state index contributed by atoms with van der Waals surface area (Å²) in [6, 6.07) is 8.68. The van der Waals surface area contributed by atoms with E-state index in [-0.39, 0.29) is 11.0 Å². The maximum Gasteiger partial charge on any atom is 0.408 e. The van der Waals surface area contributed by atoms with Gasteiger partial charge in [0.25, 0.3) is 0 Å². The van der Waals surface area contributed by atoms with Crippen molar-refractivity contribution in [1.82, 2.24) is 18.7 Å². The van der Waals surface area contributed by atoms with Crippen LogP contribution < -0.4 is 4.72 Å². The molecule has 1 atom stereocenters. The number of nitrogens with zero attached hydrogens (tertiary/aromatic N) is 3. The summed E-state index contributed by atoms with van der Waals surface area (Å²) < 4.78 is 73.6. The SMILES string of the molecule is Cc1nc2ccccn2c1-c1ccc2c(C(NS(=O)(=O)C3CC3)C(F)(F)F)cn(CC(C)(C)C)c2c1. The fourth-order valence-electron chi connectivity index (χ4n) is 4.75. The zero-order chi connectivity index (χ0) is 26.0. The molecule has 3 heterocycles. The number of hydrogen-bond acceptors (Lipinski definition) is 3. The van der Waals surface area contributed by atoms with Gasteiger partial charge in [-0.1, -0.05) is 39.0 Å². The molecule has 192 valence electrons. The maximum absolute atomic E-state index is 14.3. The van der Waals surface area contributed by atoms with Crippen molar-refractivity contribution in [2.45, 2.75) is 64.5 Å². The number of hydrogen-bond donors (Lipinski definition) is 1. The summed E-state index contributed by atoms with van der Waals surface area (Å²) in [6.07, 6.45) is -0.670. The Labute approximate surface area is 208 Å². The average molecular weight is 519 g/mol. The first kappa shape index (κ1) is 24.8. The number of halogens is 3. The molecule has 1 aliphatic rings. The van der Waals surface area contributed by atoms with Crippen LogP contribution in [-0.4, -0.2) is 33.8 Å². The van der Waals surface area contributed by atoms with Crippen molar-refractivity contribution in [2.75, 3.05) is 0 Å². The Bertz CT molecular complexity index is 1560. The number of sulfonamides is 1. The number of pyridine rings is 1. The van der Waals surface area contributed by atoms with E-state index in [1.54, 1.807) is 16.7 Å². The third kappa shape index (κ3) is 4.64. The number of nitrogens with one attached hydrogen (secondary N) is 1. The molecule has 6 nitrogen and oxygen atoms in total. The van der Waals surface area contributed by atoms with Gasteiger partial charge in [-0.3, -0.25) is 4.40 Å². The molecule has 0 spiro atoms. The van der Waals surface area contributed by atoms with Gasteiger partial charge in [0.2, 0.25) is 10.0 Å². The van der Waals surface area contributed by atoms with Crippen LogP contribution in [0.5, 0.6) is 0 Å². The Morgan fingerprint density at radius 2 is 1.86 bits per heavy atom. The summed E-state index contributed by atoms with van der Waals surface area (Å²) in [4.78, 5) is 4.61. The van der Waals surface area contributed by atoms with Crippen LogP contribution in [-0.2, 0) is 16.6 Å². The number of aromatic nitrogens is 3. The van der Waals surface area contributed by atoms with Crippen LogP contribution in [0.25, 0.3) is 27.8 Å². The molecular formula is C26H29F3N4O2S. The third-order valence-corrected chi connectivity index (χ3v) is 8.33. The Morgan fingerprint density at radius 3 is 2.50 bits per heavy atom. The Kier molecular flexibility index (Phi) is 5.75. The first-order chi connectivity index (χ1) is 16.7. The molecule has 0 saturated heterocycles. The highest BCUT2D eigenvalue weighted by Crippen LogP contribution is 2.41. The van der Waals surface area contributed by atoms with Gasteiger partial charge < -0.3 is 4.57 Å². The van der Waals surface area contributed by atoms with Crippen LogP contribution in [0.2, 0.25) is 0 Å². The van der Waals surface area contributed by atoms with Crippen molar-refractivity contribution in [3.05, 3.63) is 60.0 Å². The summed E-state index contributed by atoms with van der Waals surface area (Å²) in [5.41, 5.74) is 3.57. The molecule has 1 aliphatic carbocycles. The lowest BCUT2D eigenvalue weighted by Gasteiger charge is -2.22. The van der Waals surface area contributed by atoms with Crippen molar-refractivity contribution in [3.8, 4) is 11.3 Å². The fraction of sp³-hybridized carbons (Fsp3) is 0.423. The smallest absolute Gasteiger partial charge is 0.347 e. The molecule has 1 N–H and O–H groups in total. The van der Waals surface area contributed by atoms with Crippen LogP contribution in [0, 0.1) is 12.3 Å². The number of benzene rings is 1. The van der Waals surface area contributed by atoms with Crippen molar-refractivity contribution in [2.24, 2.45) is 5.41 Å². The molecule has 4 aromatic rings. The minimum absolute atomic E-state index is 0.0904. The summed E-state index contributed by atoms with van der Waals surface area (Å²) in [6.45, 7) is 8.38. The van der Waals surface area contributed by atoms with E-state index in [9.17, 15) is 21.6 Å². The molecule has 0 amide bonds. The molecule has 36 heavy (non-hydrogen) atoms. The molecule has 1 saturated carbocycles. The normalized spacial score (nSPS) is 16.2. The molecular weight excluding hydrogens is 489 g/mol. The molecule has 0 radical (unpaired) electrons. The first-order valence-corrected chi connectivity index (χ1v) is 13.4. The topological polar surface area (TPSA) is 68.4 Å². The fourth-order valence-corrected chi connectivity index (χ4v) is 6.28. The molecule has 1 fully saturated rings. The predicted molar refractivity (Wildman–Crippen MR) is 134 cm³/mol. The minimum Gasteiger partial charge on any atom is -0.347 e. The van der Waals surface area contributed by atoms with Gasteiger partial charge in [-0.05, 0) is 43.4 Å². The second-order valence-electron chi connectivity index (χ2n) is 10.8. The molecule has 1 unspecified atom stereocenters. The highest BCUT2D eigenvalue weighted by molar-refractivity contribution is 7.90. The predicted octanol–water partition coefficient (Wildman–Crippen LogP) is 6.00. The van der Waals surface area contributed by atoms with Crippen LogP contribution >= 0.6 is 0 Å². The van der Waals surface area contributed by atoms with Crippen molar-refractivity contribution in [3.63, 3.8) is 0 Å². The Morgan fingerprint density at radius 1 is 1.14 bits per heavy atom. The van der Waals surface area contributed by atoms with Crippen molar-refractivity contribution in [1.29, 1.82) is 0 Å². The van der Waals surface area contributed by atoms with Gasteiger partial charge in [-0.2, -0.15) is 17.9 Å².